The Morgan fingerprint density at radius 1 is 1.36 bits per heavy atom. The first-order valence-corrected chi connectivity index (χ1v) is 8.84. The van der Waals surface area contributed by atoms with E-state index in [2.05, 4.69) is 48.8 Å². The van der Waals surface area contributed by atoms with Crippen LogP contribution in [0.3, 0.4) is 0 Å². The number of anilines is 2. The Labute approximate surface area is 163 Å². The summed E-state index contributed by atoms with van der Waals surface area (Å²) in [6, 6.07) is 7.08. The summed E-state index contributed by atoms with van der Waals surface area (Å²) in [5, 5.41) is 12.6. The Morgan fingerprint density at radius 3 is 2.68 bits per heavy atom. The van der Waals surface area contributed by atoms with Crippen LogP contribution >= 0.6 is 38.5 Å². The van der Waals surface area contributed by atoms with E-state index in [0.717, 1.165) is 14.8 Å². The van der Waals surface area contributed by atoms with E-state index in [1.54, 1.807) is 0 Å². The Morgan fingerprint density at radius 2 is 2.08 bits per heavy atom. The molecular weight excluding hydrogens is 505 g/mol. The summed E-state index contributed by atoms with van der Waals surface area (Å²) in [5.74, 6) is -2.27. The average Bonchev–Trinajstić information content (AvgIpc) is 2.98. The molecule has 7 nitrogen and oxygen atoms in total. The number of carboxylic acid groups (broad SMARTS) is 1. The highest BCUT2D eigenvalue weighted by molar-refractivity contribution is 14.1. The number of hydrogen-bond donors (Lipinski definition) is 3. The highest BCUT2D eigenvalue weighted by atomic mass is 127. The zero-order valence-electron chi connectivity index (χ0n) is 12.8. The second-order valence-electron chi connectivity index (χ2n) is 5.23. The lowest BCUT2D eigenvalue weighted by Gasteiger charge is -2.13. The molecular formula is C16H11BrIN3O4. The second kappa shape index (κ2) is 6.64. The fourth-order valence-electron chi connectivity index (χ4n) is 2.35. The van der Waals surface area contributed by atoms with Gasteiger partial charge in [-0.15, -0.1) is 0 Å². The van der Waals surface area contributed by atoms with Crippen LogP contribution in [0.25, 0.3) is 11.1 Å². The first-order valence-electron chi connectivity index (χ1n) is 6.97. The molecule has 0 aliphatic heterocycles. The third-order valence-corrected chi connectivity index (χ3v) is 4.77. The third kappa shape index (κ3) is 3.33. The Kier molecular flexibility index (Phi) is 4.69. The maximum Gasteiger partial charge on any atom is 0.337 e. The molecule has 3 rings (SSSR count). The van der Waals surface area contributed by atoms with Crippen molar-refractivity contribution in [2.75, 3.05) is 5.32 Å². The summed E-state index contributed by atoms with van der Waals surface area (Å²) < 4.78 is 6.77. The first kappa shape index (κ1) is 17.7. The van der Waals surface area contributed by atoms with Crippen molar-refractivity contribution in [3.05, 3.63) is 49.3 Å². The summed E-state index contributed by atoms with van der Waals surface area (Å²) in [5.41, 5.74) is 7.53. The number of rotatable bonds is 4. The summed E-state index contributed by atoms with van der Waals surface area (Å²) >= 11 is 5.44. The van der Waals surface area contributed by atoms with Gasteiger partial charge in [0.25, 0.3) is 5.89 Å². The molecule has 9 heteroatoms. The Balaban J connectivity index is 2.26. The topological polar surface area (TPSA) is 118 Å². The van der Waals surface area contributed by atoms with Gasteiger partial charge in [0.05, 0.1) is 15.7 Å². The molecule has 0 atom stereocenters. The number of nitrogens with two attached hydrogens (primary N) is 1. The van der Waals surface area contributed by atoms with E-state index < -0.39 is 11.9 Å². The zero-order chi connectivity index (χ0) is 18.3. The number of aromatic nitrogens is 1. The normalized spacial score (nSPS) is 10.8. The number of fused-ring (bicyclic) bond motifs is 1. The molecule has 0 saturated carbocycles. The number of primary amides is 1. The molecule has 25 heavy (non-hydrogen) atoms. The van der Waals surface area contributed by atoms with Gasteiger partial charge >= 0.3 is 11.9 Å². The summed E-state index contributed by atoms with van der Waals surface area (Å²) in [6.07, 6.45) is 0. The maximum atomic E-state index is 11.7. The number of aromatic carboxylic acids is 1. The molecule has 0 saturated heterocycles. The molecule has 2 aromatic carbocycles. The minimum absolute atomic E-state index is 0.0124. The number of carboxylic acids is 1. The smallest absolute Gasteiger partial charge is 0.337 e. The van der Waals surface area contributed by atoms with Gasteiger partial charge in [0, 0.05) is 9.26 Å². The van der Waals surface area contributed by atoms with Crippen molar-refractivity contribution in [2.45, 2.75) is 6.92 Å². The predicted octanol–water partition coefficient (Wildman–Crippen LogP) is 4.04. The van der Waals surface area contributed by atoms with E-state index in [4.69, 9.17) is 10.2 Å². The molecule has 0 radical (unpaired) electrons. The standard InChI is InChI=1S/C16H11BrIN3O4/c1-6-4-7(18)2-3-10(6)20-11-8(16(23)24)5-9(17)13-12(11)21-15(25-13)14(19)22/h2-5,20H,1H3,(H2,19,22)(H,23,24). The van der Waals surface area contributed by atoms with Crippen LogP contribution in [0.2, 0.25) is 0 Å². The predicted molar refractivity (Wildman–Crippen MR) is 104 cm³/mol. The molecule has 0 aliphatic rings. The van der Waals surface area contributed by atoms with Gasteiger partial charge < -0.3 is 20.6 Å². The van der Waals surface area contributed by atoms with Crippen LogP contribution in [-0.4, -0.2) is 22.0 Å². The van der Waals surface area contributed by atoms with Gasteiger partial charge in [0.2, 0.25) is 0 Å². The number of nitrogens with one attached hydrogen (secondary N) is 1. The fourth-order valence-corrected chi connectivity index (χ4v) is 3.49. The van der Waals surface area contributed by atoms with Gasteiger partial charge in [-0.2, -0.15) is 0 Å². The molecule has 128 valence electrons. The van der Waals surface area contributed by atoms with Crippen LogP contribution in [0.4, 0.5) is 11.4 Å². The largest absolute Gasteiger partial charge is 0.478 e. The van der Waals surface area contributed by atoms with Gasteiger partial charge in [-0.25, -0.2) is 9.78 Å². The van der Waals surface area contributed by atoms with Crippen LogP contribution in [0, 0.1) is 10.5 Å². The number of halogens is 2. The molecule has 0 unspecified atom stereocenters. The molecule has 3 aromatic rings. The van der Waals surface area contributed by atoms with E-state index in [0.29, 0.717) is 4.47 Å². The number of amides is 1. The SMILES string of the molecule is Cc1cc(I)ccc1Nc1c(C(=O)O)cc(Br)c2oc(C(N)=O)nc12. The lowest BCUT2D eigenvalue weighted by molar-refractivity contribution is 0.0697. The van der Waals surface area contributed by atoms with Crippen molar-refractivity contribution in [2.24, 2.45) is 5.73 Å². The molecule has 0 aliphatic carbocycles. The molecule has 0 fully saturated rings. The van der Waals surface area contributed by atoms with Gasteiger partial charge in [-0.05, 0) is 75.3 Å². The number of hydrogen-bond acceptors (Lipinski definition) is 5. The molecule has 1 amide bonds. The van der Waals surface area contributed by atoms with Crippen molar-refractivity contribution >= 4 is 72.9 Å². The summed E-state index contributed by atoms with van der Waals surface area (Å²) in [4.78, 5) is 27.1. The molecule has 1 aromatic heterocycles. The lowest BCUT2D eigenvalue weighted by Crippen LogP contribution is -2.11. The number of carbonyl (C=O) groups is 2. The zero-order valence-corrected chi connectivity index (χ0v) is 16.5. The van der Waals surface area contributed by atoms with Crippen LogP contribution in [0.15, 0.2) is 33.2 Å². The number of aryl methyl sites for hydroxylation is 1. The van der Waals surface area contributed by atoms with E-state index in [-0.39, 0.29) is 28.2 Å². The van der Waals surface area contributed by atoms with Crippen LogP contribution in [-0.2, 0) is 0 Å². The molecule has 4 N–H and O–H groups in total. The van der Waals surface area contributed by atoms with Crippen molar-refractivity contribution in [3.63, 3.8) is 0 Å². The third-order valence-electron chi connectivity index (χ3n) is 3.51. The number of carbonyl (C=O) groups excluding carboxylic acids is 1. The number of benzene rings is 2. The quantitative estimate of drug-likeness (QED) is 0.451. The number of nitrogens with zero attached hydrogens (tertiary/aromatic N) is 1. The van der Waals surface area contributed by atoms with Gasteiger partial charge in [0.15, 0.2) is 5.58 Å². The summed E-state index contributed by atoms with van der Waals surface area (Å²) in [6.45, 7) is 1.90. The van der Waals surface area contributed by atoms with E-state index in [1.165, 1.54) is 6.07 Å². The Hall–Kier alpha value is -2.14. The van der Waals surface area contributed by atoms with Crippen molar-refractivity contribution < 1.29 is 19.1 Å². The van der Waals surface area contributed by atoms with E-state index in [1.807, 2.05) is 25.1 Å². The molecule has 0 spiro atoms. The Bertz CT molecular complexity index is 1030. The minimum Gasteiger partial charge on any atom is -0.478 e. The summed E-state index contributed by atoms with van der Waals surface area (Å²) in [7, 11) is 0. The number of oxazole rings is 1. The average molecular weight is 516 g/mol. The first-order chi connectivity index (χ1) is 11.8. The minimum atomic E-state index is -1.14. The maximum absolute atomic E-state index is 11.7. The van der Waals surface area contributed by atoms with Gasteiger partial charge in [-0.3, -0.25) is 4.79 Å². The highest BCUT2D eigenvalue weighted by Crippen LogP contribution is 2.36. The van der Waals surface area contributed by atoms with Crippen LogP contribution in [0.1, 0.15) is 26.6 Å². The van der Waals surface area contributed by atoms with Crippen LogP contribution in [0.5, 0.6) is 0 Å². The van der Waals surface area contributed by atoms with Crippen LogP contribution < -0.4 is 11.1 Å². The van der Waals surface area contributed by atoms with Crippen molar-refractivity contribution in [1.29, 1.82) is 0 Å². The van der Waals surface area contributed by atoms with Crippen molar-refractivity contribution in [1.82, 2.24) is 4.98 Å². The molecule has 1 heterocycles. The van der Waals surface area contributed by atoms with E-state index in [9.17, 15) is 14.7 Å². The van der Waals surface area contributed by atoms with E-state index >= 15 is 0 Å². The monoisotopic (exact) mass is 515 g/mol. The second-order valence-corrected chi connectivity index (χ2v) is 7.33. The van der Waals surface area contributed by atoms with Gasteiger partial charge in [0.1, 0.15) is 5.52 Å². The fraction of sp³-hybridized carbons (Fsp3) is 0.0625. The lowest BCUT2D eigenvalue weighted by atomic mass is 10.1. The highest BCUT2D eigenvalue weighted by Gasteiger charge is 2.23. The van der Waals surface area contributed by atoms with Gasteiger partial charge in [-0.1, -0.05) is 0 Å². The molecule has 0 bridgehead atoms. The van der Waals surface area contributed by atoms with Crippen molar-refractivity contribution in [3.8, 4) is 0 Å².